The summed E-state index contributed by atoms with van der Waals surface area (Å²) in [6, 6.07) is 6.04. The zero-order chi connectivity index (χ0) is 14.5. The number of aryl methyl sites for hydroxylation is 1. The molecule has 4 heteroatoms. The zero-order valence-electron chi connectivity index (χ0n) is 12.1. The first-order valence-electron chi connectivity index (χ1n) is 6.44. The molecule has 0 amide bonds. The van der Waals surface area contributed by atoms with Gasteiger partial charge in [0.1, 0.15) is 5.75 Å². The normalized spacial score (nSPS) is 11.4. The van der Waals surface area contributed by atoms with Gasteiger partial charge in [-0.25, -0.2) is 0 Å². The Balaban J connectivity index is 2.50. The lowest BCUT2D eigenvalue weighted by molar-refractivity contribution is -0.147. The molecule has 1 aromatic rings. The molecular formula is C15H23NO3. The number of benzene rings is 1. The average molecular weight is 265 g/mol. The van der Waals surface area contributed by atoms with E-state index in [0.29, 0.717) is 19.5 Å². The maximum absolute atomic E-state index is 11.0. The van der Waals surface area contributed by atoms with Crippen LogP contribution in [0.4, 0.5) is 0 Å². The van der Waals surface area contributed by atoms with Crippen LogP contribution in [-0.2, 0) is 11.3 Å². The predicted octanol–water partition coefficient (Wildman–Crippen LogP) is 2.59. The highest BCUT2D eigenvalue weighted by Crippen LogP contribution is 2.21. The summed E-state index contributed by atoms with van der Waals surface area (Å²) < 4.78 is 5.30. The lowest BCUT2D eigenvalue weighted by atomic mass is 9.90. The van der Waals surface area contributed by atoms with Crippen molar-refractivity contribution < 1.29 is 14.6 Å². The SMILES string of the molecule is COc1ccc(C)cc1CNCCC(C)(C)C(=O)O. The van der Waals surface area contributed by atoms with E-state index in [-0.39, 0.29) is 0 Å². The summed E-state index contributed by atoms with van der Waals surface area (Å²) in [6.45, 7) is 6.86. The fourth-order valence-corrected chi connectivity index (χ4v) is 1.78. The first-order chi connectivity index (χ1) is 8.86. The van der Waals surface area contributed by atoms with Gasteiger partial charge in [-0.05, 0) is 39.8 Å². The van der Waals surface area contributed by atoms with Crippen LogP contribution in [0.2, 0.25) is 0 Å². The quantitative estimate of drug-likeness (QED) is 0.744. The smallest absolute Gasteiger partial charge is 0.309 e. The highest BCUT2D eigenvalue weighted by atomic mass is 16.5. The standard InChI is InChI=1S/C15H23NO3/c1-11-5-6-13(19-4)12(9-11)10-16-8-7-15(2,3)14(17)18/h5-6,9,16H,7-8,10H2,1-4H3,(H,17,18). The maximum atomic E-state index is 11.0. The van der Waals surface area contributed by atoms with Gasteiger partial charge in [0.15, 0.2) is 0 Å². The number of hydrogen-bond donors (Lipinski definition) is 2. The van der Waals surface area contributed by atoms with Crippen LogP contribution < -0.4 is 10.1 Å². The van der Waals surface area contributed by atoms with Gasteiger partial charge < -0.3 is 15.2 Å². The van der Waals surface area contributed by atoms with Crippen LogP contribution in [0.1, 0.15) is 31.4 Å². The van der Waals surface area contributed by atoms with E-state index in [1.54, 1.807) is 21.0 Å². The number of ether oxygens (including phenoxy) is 1. The molecule has 0 spiro atoms. The van der Waals surface area contributed by atoms with Gasteiger partial charge >= 0.3 is 5.97 Å². The average Bonchev–Trinajstić information content (AvgIpc) is 2.34. The highest BCUT2D eigenvalue weighted by Gasteiger charge is 2.26. The fraction of sp³-hybridized carbons (Fsp3) is 0.533. The minimum atomic E-state index is -0.762. The molecule has 0 aromatic heterocycles. The van der Waals surface area contributed by atoms with Crippen LogP contribution in [-0.4, -0.2) is 24.7 Å². The fourth-order valence-electron chi connectivity index (χ4n) is 1.78. The van der Waals surface area contributed by atoms with Gasteiger partial charge in [-0.3, -0.25) is 4.79 Å². The minimum Gasteiger partial charge on any atom is -0.496 e. The van der Waals surface area contributed by atoms with E-state index in [0.717, 1.165) is 11.3 Å². The Morgan fingerprint density at radius 2 is 2.11 bits per heavy atom. The van der Waals surface area contributed by atoms with E-state index in [9.17, 15) is 4.79 Å². The van der Waals surface area contributed by atoms with Crippen LogP contribution in [0.3, 0.4) is 0 Å². The number of carboxylic acid groups (broad SMARTS) is 1. The number of nitrogens with one attached hydrogen (secondary N) is 1. The molecule has 0 bridgehead atoms. The Kier molecular flexibility index (Phi) is 5.36. The topological polar surface area (TPSA) is 58.6 Å². The second kappa shape index (κ2) is 6.57. The molecule has 106 valence electrons. The van der Waals surface area contributed by atoms with E-state index in [4.69, 9.17) is 9.84 Å². The van der Waals surface area contributed by atoms with Crippen molar-refractivity contribution in [3.05, 3.63) is 29.3 Å². The summed E-state index contributed by atoms with van der Waals surface area (Å²) in [5.74, 6) is 0.0954. The molecule has 19 heavy (non-hydrogen) atoms. The first kappa shape index (κ1) is 15.5. The first-order valence-corrected chi connectivity index (χ1v) is 6.44. The molecule has 0 heterocycles. The van der Waals surface area contributed by atoms with Crippen molar-refractivity contribution in [3.63, 3.8) is 0 Å². The third kappa shape index (κ3) is 4.56. The molecular weight excluding hydrogens is 242 g/mol. The van der Waals surface area contributed by atoms with Gasteiger partial charge in [0, 0.05) is 12.1 Å². The van der Waals surface area contributed by atoms with Crippen LogP contribution in [0.25, 0.3) is 0 Å². The highest BCUT2D eigenvalue weighted by molar-refractivity contribution is 5.73. The number of methoxy groups -OCH3 is 1. The lowest BCUT2D eigenvalue weighted by Crippen LogP contribution is -2.28. The third-order valence-corrected chi connectivity index (χ3v) is 3.26. The Hall–Kier alpha value is -1.55. The molecule has 0 saturated carbocycles. The number of aliphatic carboxylic acids is 1. The van der Waals surface area contributed by atoms with Crippen LogP contribution >= 0.6 is 0 Å². The number of carboxylic acids is 1. The van der Waals surface area contributed by atoms with Crippen molar-refractivity contribution in [2.45, 2.75) is 33.7 Å². The lowest BCUT2D eigenvalue weighted by Gasteiger charge is -2.19. The molecule has 2 N–H and O–H groups in total. The van der Waals surface area contributed by atoms with Crippen molar-refractivity contribution in [1.82, 2.24) is 5.32 Å². The largest absolute Gasteiger partial charge is 0.496 e. The van der Waals surface area contributed by atoms with E-state index < -0.39 is 11.4 Å². The Morgan fingerprint density at radius 3 is 2.68 bits per heavy atom. The molecule has 1 rings (SSSR count). The van der Waals surface area contributed by atoms with Crippen molar-refractivity contribution >= 4 is 5.97 Å². The molecule has 0 unspecified atom stereocenters. The van der Waals surface area contributed by atoms with Crippen LogP contribution in [0.15, 0.2) is 18.2 Å². The maximum Gasteiger partial charge on any atom is 0.309 e. The van der Waals surface area contributed by atoms with Gasteiger partial charge in [-0.1, -0.05) is 17.7 Å². The minimum absolute atomic E-state index is 0.594. The molecule has 0 saturated heterocycles. The zero-order valence-corrected chi connectivity index (χ0v) is 12.1. The Labute approximate surface area is 114 Å². The van der Waals surface area contributed by atoms with Gasteiger partial charge in [-0.2, -0.15) is 0 Å². The van der Waals surface area contributed by atoms with E-state index >= 15 is 0 Å². The molecule has 0 atom stereocenters. The van der Waals surface area contributed by atoms with Crippen LogP contribution in [0.5, 0.6) is 5.75 Å². The summed E-state index contributed by atoms with van der Waals surface area (Å²) in [6.07, 6.45) is 0.594. The van der Waals surface area contributed by atoms with E-state index in [1.807, 2.05) is 19.1 Å². The van der Waals surface area contributed by atoms with Crippen molar-refractivity contribution in [2.24, 2.45) is 5.41 Å². The summed E-state index contributed by atoms with van der Waals surface area (Å²) in [7, 11) is 1.65. The van der Waals surface area contributed by atoms with Gasteiger partial charge in [-0.15, -0.1) is 0 Å². The van der Waals surface area contributed by atoms with Gasteiger partial charge in [0.05, 0.1) is 12.5 Å². The predicted molar refractivity (Wildman–Crippen MR) is 75.5 cm³/mol. The van der Waals surface area contributed by atoms with E-state index in [1.165, 1.54) is 5.56 Å². The molecule has 0 aliphatic heterocycles. The number of carbonyl (C=O) groups is 1. The Morgan fingerprint density at radius 1 is 1.42 bits per heavy atom. The summed E-state index contributed by atoms with van der Waals surface area (Å²) in [4.78, 5) is 11.0. The molecule has 4 nitrogen and oxygen atoms in total. The summed E-state index contributed by atoms with van der Waals surface area (Å²) in [5.41, 5.74) is 1.59. The monoisotopic (exact) mass is 265 g/mol. The summed E-state index contributed by atoms with van der Waals surface area (Å²) >= 11 is 0. The second-order valence-electron chi connectivity index (χ2n) is 5.43. The van der Waals surface area contributed by atoms with Gasteiger partial charge in [0.25, 0.3) is 0 Å². The Bertz CT molecular complexity index is 441. The number of rotatable bonds is 7. The van der Waals surface area contributed by atoms with Crippen molar-refractivity contribution in [1.29, 1.82) is 0 Å². The third-order valence-electron chi connectivity index (χ3n) is 3.26. The molecule has 0 aliphatic rings. The van der Waals surface area contributed by atoms with Gasteiger partial charge in [0.2, 0.25) is 0 Å². The molecule has 0 aliphatic carbocycles. The van der Waals surface area contributed by atoms with Crippen molar-refractivity contribution in [3.8, 4) is 5.75 Å². The summed E-state index contributed by atoms with van der Waals surface area (Å²) in [5, 5.41) is 12.3. The molecule has 0 radical (unpaired) electrons. The molecule has 0 fully saturated rings. The second-order valence-corrected chi connectivity index (χ2v) is 5.43. The van der Waals surface area contributed by atoms with Crippen molar-refractivity contribution in [2.75, 3.05) is 13.7 Å². The van der Waals surface area contributed by atoms with Crippen LogP contribution in [0, 0.1) is 12.3 Å². The number of hydrogen-bond acceptors (Lipinski definition) is 3. The van der Waals surface area contributed by atoms with E-state index in [2.05, 4.69) is 11.4 Å². The molecule has 1 aromatic carbocycles.